The number of hydrogen-bond donors (Lipinski definition) is 0. The van der Waals surface area contributed by atoms with Gasteiger partial charge >= 0.3 is 5.97 Å². The molecule has 0 unspecified atom stereocenters. The van der Waals surface area contributed by atoms with Gasteiger partial charge in [0.15, 0.2) is 0 Å². The summed E-state index contributed by atoms with van der Waals surface area (Å²) in [7, 11) is 2.99. The van der Waals surface area contributed by atoms with Crippen molar-refractivity contribution >= 4 is 17.4 Å². The number of aliphatic imine (C=N–C) groups is 1. The summed E-state index contributed by atoms with van der Waals surface area (Å²) >= 11 is 0. The van der Waals surface area contributed by atoms with Gasteiger partial charge in [0.25, 0.3) is 0 Å². The lowest BCUT2D eigenvalue weighted by Gasteiger charge is -2.13. The van der Waals surface area contributed by atoms with Crippen molar-refractivity contribution in [1.29, 1.82) is 0 Å². The van der Waals surface area contributed by atoms with Gasteiger partial charge in [0.2, 0.25) is 0 Å². The minimum Gasteiger partial charge on any atom is -0.465 e. The largest absolute Gasteiger partial charge is 0.465 e. The van der Waals surface area contributed by atoms with Crippen LogP contribution in [0.1, 0.15) is 42.6 Å². The Morgan fingerprint density at radius 2 is 2.00 bits per heavy atom. The molecular formula is C15H21NO3. The number of para-hydroxylation sites is 1. The van der Waals surface area contributed by atoms with Crippen LogP contribution in [-0.2, 0) is 9.47 Å². The van der Waals surface area contributed by atoms with Crippen LogP contribution < -0.4 is 0 Å². The van der Waals surface area contributed by atoms with E-state index in [-0.39, 0.29) is 11.9 Å². The summed E-state index contributed by atoms with van der Waals surface area (Å²) in [6.07, 6.45) is 0. The lowest BCUT2D eigenvalue weighted by molar-refractivity contribution is 0.0601. The van der Waals surface area contributed by atoms with Crippen molar-refractivity contribution in [2.75, 3.05) is 20.8 Å². The Hall–Kier alpha value is -1.68. The summed E-state index contributed by atoms with van der Waals surface area (Å²) in [5.74, 6) is -0.0924. The zero-order chi connectivity index (χ0) is 14.4. The van der Waals surface area contributed by atoms with Crippen molar-refractivity contribution in [2.45, 2.75) is 26.7 Å². The number of hydrogen-bond acceptors (Lipinski definition) is 4. The molecule has 4 heteroatoms. The van der Waals surface area contributed by atoms with Crippen LogP contribution in [0.3, 0.4) is 0 Å². The predicted octanol–water partition coefficient (Wildman–Crippen LogP) is 3.34. The lowest BCUT2D eigenvalue weighted by Crippen LogP contribution is -2.06. The van der Waals surface area contributed by atoms with Crippen LogP contribution in [0.2, 0.25) is 0 Å². The standard InChI is InChI=1S/C15H21NO3/c1-10(2)12-7-6-8-13(15(17)19-5)14(12)16-11(3)9-18-4/h6-8,10H,9H2,1-5H3/b16-11+. The summed E-state index contributed by atoms with van der Waals surface area (Å²) in [6, 6.07) is 5.57. The summed E-state index contributed by atoms with van der Waals surface area (Å²) < 4.78 is 9.87. The average Bonchev–Trinajstić information content (AvgIpc) is 2.38. The van der Waals surface area contributed by atoms with Gasteiger partial charge in [-0.1, -0.05) is 26.0 Å². The second kappa shape index (κ2) is 7.04. The smallest absolute Gasteiger partial charge is 0.340 e. The van der Waals surface area contributed by atoms with Crippen LogP contribution in [0.5, 0.6) is 0 Å². The molecule has 0 N–H and O–H groups in total. The van der Waals surface area contributed by atoms with E-state index >= 15 is 0 Å². The van der Waals surface area contributed by atoms with Gasteiger partial charge in [-0.2, -0.15) is 0 Å². The van der Waals surface area contributed by atoms with Gasteiger partial charge < -0.3 is 9.47 Å². The molecule has 0 fully saturated rings. The third kappa shape index (κ3) is 3.89. The topological polar surface area (TPSA) is 47.9 Å². The third-order valence-corrected chi connectivity index (χ3v) is 2.75. The van der Waals surface area contributed by atoms with Gasteiger partial charge in [0, 0.05) is 12.8 Å². The first kappa shape index (κ1) is 15.4. The summed E-state index contributed by atoms with van der Waals surface area (Å²) in [5, 5.41) is 0. The SMILES string of the molecule is COC/C(C)=N/c1c(C(=O)OC)cccc1C(C)C. The fraction of sp³-hybridized carbons (Fsp3) is 0.467. The maximum absolute atomic E-state index is 11.8. The minimum absolute atomic E-state index is 0.277. The van der Waals surface area contributed by atoms with Crippen LogP contribution in [0.25, 0.3) is 0 Å². The van der Waals surface area contributed by atoms with Crippen LogP contribution in [0.15, 0.2) is 23.2 Å². The van der Waals surface area contributed by atoms with Gasteiger partial charge in [0.05, 0.1) is 25.0 Å². The number of methoxy groups -OCH3 is 2. The molecule has 1 aromatic carbocycles. The minimum atomic E-state index is -0.369. The number of ether oxygens (including phenoxy) is 2. The van der Waals surface area contributed by atoms with Crippen LogP contribution in [0, 0.1) is 0 Å². The number of nitrogens with zero attached hydrogens (tertiary/aromatic N) is 1. The van der Waals surface area contributed by atoms with Crippen molar-refractivity contribution < 1.29 is 14.3 Å². The Kier molecular flexibility index (Phi) is 5.70. The Morgan fingerprint density at radius 1 is 1.32 bits per heavy atom. The van der Waals surface area contributed by atoms with Gasteiger partial charge in [-0.3, -0.25) is 4.99 Å². The van der Waals surface area contributed by atoms with Crippen LogP contribution >= 0.6 is 0 Å². The first-order valence-electron chi connectivity index (χ1n) is 6.25. The number of benzene rings is 1. The number of carbonyl (C=O) groups is 1. The third-order valence-electron chi connectivity index (χ3n) is 2.75. The first-order chi connectivity index (χ1) is 9.01. The van der Waals surface area contributed by atoms with Gasteiger partial charge in [-0.15, -0.1) is 0 Å². The molecule has 0 aliphatic heterocycles. The molecule has 0 aliphatic carbocycles. The number of carbonyl (C=O) groups excluding carboxylic acids is 1. The molecule has 0 aliphatic rings. The van der Waals surface area contributed by atoms with Gasteiger partial charge in [-0.05, 0) is 24.5 Å². The molecular weight excluding hydrogens is 242 g/mol. The van der Waals surface area contributed by atoms with Crippen molar-refractivity contribution in [3.63, 3.8) is 0 Å². The molecule has 0 atom stereocenters. The monoisotopic (exact) mass is 263 g/mol. The quantitative estimate of drug-likeness (QED) is 0.604. The van der Waals surface area contributed by atoms with E-state index in [0.717, 1.165) is 11.3 Å². The summed E-state index contributed by atoms with van der Waals surface area (Å²) in [5.41, 5.74) is 3.02. The average molecular weight is 263 g/mol. The molecule has 4 nitrogen and oxygen atoms in total. The fourth-order valence-corrected chi connectivity index (χ4v) is 1.86. The van der Waals surface area contributed by atoms with Crippen LogP contribution in [0.4, 0.5) is 5.69 Å². The molecule has 19 heavy (non-hydrogen) atoms. The van der Waals surface area contributed by atoms with E-state index in [1.165, 1.54) is 7.11 Å². The highest BCUT2D eigenvalue weighted by Crippen LogP contribution is 2.31. The molecule has 1 aromatic rings. The molecule has 0 spiro atoms. The normalized spacial score (nSPS) is 11.8. The number of esters is 1. The molecule has 104 valence electrons. The highest BCUT2D eigenvalue weighted by molar-refractivity contribution is 5.98. The zero-order valence-electron chi connectivity index (χ0n) is 12.2. The van der Waals surface area contributed by atoms with E-state index in [0.29, 0.717) is 17.9 Å². The Bertz CT molecular complexity index is 478. The molecule has 1 rings (SSSR count). The van der Waals surface area contributed by atoms with Crippen molar-refractivity contribution in [3.05, 3.63) is 29.3 Å². The maximum atomic E-state index is 11.8. The lowest BCUT2D eigenvalue weighted by atomic mass is 9.98. The molecule has 0 saturated carbocycles. The fourth-order valence-electron chi connectivity index (χ4n) is 1.86. The maximum Gasteiger partial charge on any atom is 0.340 e. The molecule has 0 saturated heterocycles. The van der Waals surface area contributed by atoms with E-state index in [1.807, 2.05) is 19.1 Å². The van der Waals surface area contributed by atoms with E-state index in [2.05, 4.69) is 18.8 Å². The Labute approximate surface area is 114 Å². The van der Waals surface area contributed by atoms with E-state index in [4.69, 9.17) is 9.47 Å². The molecule has 0 radical (unpaired) electrons. The van der Waals surface area contributed by atoms with E-state index < -0.39 is 0 Å². The Morgan fingerprint density at radius 3 is 2.53 bits per heavy atom. The second-order valence-electron chi connectivity index (χ2n) is 4.67. The summed E-state index contributed by atoms with van der Waals surface area (Å²) in [4.78, 5) is 16.4. The van der Waals surface area contributed by atoms with Gasteiger partial charge in [-0.25, -0.2) is 4.79 Å². The molecule has 0 amide bonds. The Balaban J connectivity index is 3.37. The highest BCUT2D eigenvalue weighted by atomic mass is 16.5. The first-order valence-corrected chi connectivity index (χ1v) is 6.25. The van der Waals surface area contributed by atoms with E-state index in [9.17, 15) is 4.79 Å². The van der Waals surface area contributed by atoms with Crippen molar-refractivity contribution in [2.24, 2.45) is 4.99 Å². The van der Waals surface area contributed by atoms with Crippen molar-refractivity contribution in [1.82, 2.24) is 0 Å². The summed E-state index contributed by atoms with van der Waals surface area (Å²) in [6.45, 7) is 6.46. The molecule has 0 bridgehead atoms. The molecule has 0 aromatic heterocycles. The second-order valence-corrected chi connectivity index (χ2v) is 4.67. The highest BCUT2D eigenvalue weighted by Gasteiger charge is 2.16. The zero-order valence-corrected chi connectivity index (χ0v) is 12.2. The molecule has 0 heterocycles. The van der Waals surface area contributed by atoms with Crippen LogP contribution in [-0.4, -0.2) is 32.5 Å². The predicted molar refractivity (Wildman–Crippen MR) is 76.5 cm³/mol. The van der Waals surface area contributed by atoms with E-state index in [1.54, 1.807) is 13.2 Å². The van der Waals surface area contributed by atoms with Gasteiger partial charge in [0.1, 0.15) is 0 Å². The van der Waals surface area contributed by atoms with Crippen molar-refractivity contribution in [3.8, 4) is 0 Å². The number of rotatable bonds is 5.